The molecule has 0 saturated carbocycles. The number of methoxy groups -OCH3 is 1. The lowest BCUT2D eigenvalue weighted by molar-refractivity contribution is -0.113. The van der Waals surface area contributed by atoms with Crippen molar-refractivity contribution in [2.75, 3.05) is 23.9 Å². The zero-order chi connectivity index (χ0) is 18.2. The number of aryl methyl sites for hydroxylation is 1. The van der Waals surface area contributed by atoms with Gasteiger partial charge in [-0.25, -0.2) is 4.79 Å². The molecule has 1 aromatic carbocycles. The van der Waals surface area contributed by atoms with Crippen molar-refractivity contribution < 1.29 is 14.3 Å². The first kappa shape index (κ1) is 19.7. The summed E-state index contributed by atoms with van der Waals surface area (Å²) < 4.78 is 6.39. The Morgan fingerprint density at radius 2 is 1.96 bits per heavy atom. The van der Waals surface area contributed by atoms with Crippen LogP contribution in [0.2, 0.25) is 0 Å². The summed E-state index contributed by atoms with van der Waals surface area (Å²) >= 11 is 4.52. The molecule has 0 fully saturated rings. The minimum atomic E-state index is -0.434. The normalized spacial score (nSPS) is 10.5. The van der Waals surface area contributed by atoms with Crippen LogP contribution in [-0.2, 0) is 9.53 Å². The van der Waals surface area contributed by atoms with Gasteiger partial charge >= 0.3 is 5.97 Å². The number of hydrogen-bond donors (Lipinski definition) is 1. The van der Waals surface area contributed by atoms with E-state index in [9.17, 15) is 9.59 Å². The number of nitrogens with zero attached hydrogens (tertiary/aromatic N) is 2. The fourth-order valence-corrected chi connectivity index (χ4v) is 4.56. The van der Waals surface area contributed by atoms with Gasteiger partial charge in [0.25, 0.3) is 0 Å². The topological polar surface area (TPSA) is 81.2 Å². The highest BCUT2D eigenvalue weighted by Crippen LogP contribution is 2.29. The first-order valence-electron chi connectivity index (χ1n) is 7.61. The number of ether oxygens (including phenoxy) is 1. The third kappa shape index (κ3) is 6.02. The molecule has 6 nitrogen and oxygen atoms in total. The van der Waals surface area contributed by atoms with Gasteiger partial charge in [0.15, 0.2) is 8.68 Å². The third-order valence-electron chi connectivity index (χ3n) is 3.08. The fourth-order valence-electron chi connectivity index (χ4n) is 1.82. The maximum absolute atomic E-state index is 12.2. The van der Waals surface area contributed by atoms with Gasteiger partial charge in [-0.15, -0.1) is 10.2 Å². The lowest BCUT2D eigenvalue weighted by Gasteiger charge is -2.09. The molecule has 1 aromatic heterocycles. The van der Waals surface area contributed by atoms with E-state index in [1.54, 1.807) is 30.0 Å². The Balaban J connectivity index is 1.91. The van der Waals surface area contributed by atoms with Crippen molar-refractivity contribution >= 4 is 52.4 Å². The predicted octanol–water partition coefficient (Wildman–Crippen LogP) is 3.87. The minimum absolute atomic E-state index is 0.159. The zero-order valence-electron chi connectivity index (χ0n) is 14.2. The second-order valence-electron chi connectivity index (χ2n) is 5.04. The smallest absolute Gasteiger partial charge is 0.337 e. The van der Waals surface area contributed by atoms with E-state index in [1.165, 1.54) is 30.2 Å². The lowest BCUT2D eigenvalue weighted by Crippen LogP contribution is -2.15. The highest BCUT2D eigenvalue weighted by Gasteiger charge is 2.12. The minimum Gasteiger partial charge on any atom is -0.465 e. The van der Waals surface area contributed by atoms with E-state index in [0.29, 0.717) is 11.3 Å². The molecule has 0 saturated heterocycles. The van der Waals surface area contributed by atoms with Crippen LogP contribution in [0.5, 0.6) is 0 Å². The van der Waals surface area contributed by atoms with Crippen LogP contribution in [0, 0.1) is 6.92 Å². The van der Waals surface area contributed by atoms with Gasteiger partial charge < -0.3 is 10.1 Å². The molecule has 1 heterocycles. The number of hydrogen-bond acceptors (Lipinski definition) is 8. The number of thioether (sulfide) groups is 2. The van der Waals surface area contributed by atoms with Gasteiger partial charge in [-0.05, 0) is 31.0 Å². The highest BCUT2D eigenvalue weighted by atomic mass is 32.2. The molecule has 1 N–H and O–H groups in total. The monoisotopic (exact) mass is 397 g/mol. The number of nitrogens with one attached hydrogen (secondary N) is 1. The van der Waals surface area contributed by atoms with Gasteiger partial charge in [-0.2, -0.15) is 0 Å². The Morgan fingerprint density at radius 3 is 2.64 bits per heavy atom. The van der Waals surface area contributed by atoms with Crippen LogP contribution in [0.25, 0.3) is 0 Å². The number of esters is 1. The standard InChI is InChI=1S/C16H19N3O3S3/c1-4-7-23-15-18-19-16(25-15)24-9-13(20)17-12-8-11(14(21)22-3)6-5-10(12)2/h5-6,8H,4,7,9H2,1-3H3,(H,17,20). The lowest BCUT2D eigenvalue weighted by atomic mass is 10.1. The van der Waals surface area contributed by atoms with E-state index in [4.69, 9.17) is 4.74 Å². The number of amides is 1. The predicted molar refractivity (Wildman–Crippen MR) is 103 cm³/mol. The molecule has 0 aliphatic carbocycles. The Bertz CT molecular complexity index is 749. The van der Waals surface area contributed by atoms with E-state index < -0.39 is 5.97 Å². The molecule has 9 heteroatoms. The summed E-state index contributed by atoms with van der Waals surface area (Å²) in [5.41, 5.74) is 1.88. The van der Waals surface area contributed by atoms with E-state index in [-0.39, 0.29) is 11.7 Å². The average Bonchev–Trinajstić information content (AvgIpc) is 3.07. The van der Waals surface area contributed by atoms with Gasteiger partial charge in [0.1, 0.15) is 0 Å². The number of anilines is 1. The quantitative estimate of drug-likeness (QED) is 0.535. The molecular weight excluding hydrogens is 378 g/mol. The molecule has 0 radical (unpaired) electrons. The number of aromatic nitrogens is 2. The molecule has 0 aliphatic heterocycles. The van der Waals surface area contributed by atoms with Gasteiger partial charge in [-0.1, -0.05) is 47.9 Å². The van der Waals surface area contributed by atoms with E-state index >= 15 is 0 Å². The molecule has 0 aliphatic rings. The fraction of sp³-hybridized carbons (Fsp3) is 0.375. The molecule has 25 heavy (non-hydrogen) atoms. The first-order valence-corrected chi connectivity index (χ1v) is 10.4. The second kappa shape index (κ2) is 9.79. The Labute approximate surface area is 159 Å². The van der Waals surface area contributed by atoms with Crippen molar-refractivity contribution in [1.29, 1.82) is 0 Å². The van der Waals surface area contributed by atoms with Crippen LogP contribution in [0.4, 0.5) is 5.69 Å². The van der Waals surface area contributed by atoms with Crippen LogP contribution in [0.15, 0.2) is 26.9 Å². The molecule has 2 rings (SSSR count). The van der Waals surface area contributed by atoms with Crippen molar-refractivity contribution in [3.05, 3.63) is 29.3 Å². The summed E-state index contributed by atoms with van der Waals surface area (Å²) in [6.07, 6.45) is 1.08. The molecule has 2 aromatic rings. The maximum Gasteiger partial charge on any atom is 0.337 e. The number of rotatable bonds is 8. The molecule has 0 atom stereocenters. The van der Waals surface area contributed by atoms with Crippen LogP contribution in [0.1, 0.15) is 29.3 Å². The summed E-state index contributed by atoms with van der Waals surface area (Å²) in [6, 6.07) is 5.06. The molecular formula is C16H19N3O3S3. The second-order valence-corrected chi connectivity index (χ2v) is 8.58. The van der Waals surface area contributed by atoms with Gasteiger partial charge in [-0.3, -0.25) is 4.79 Å². The Kier molecular flexibility index (Phi) is 7.73. The number of carbonyl (C=O) groups is 2. The summed E-state index contributed by atoms with van der Waals surface area (Å²) in [7, 11) is 1.33. The molecule has 134 valence electrons. The van der Waals surface area contributed by atoms with Crippen molar-refractivity contribution in [2.45, 2.75) is 28.9 Å². The third-order valence-corrected chi connectivity index (χ3v) is 6.47. The Morgan fingerprint density at radius 1 is 1.24 bits per heavy atom. The largest absolute Gasteiger partial charge is 0.465 e. The average molecular weight is 398 g/mol. The maximum atomic E-state index is 12.2. The molecule has 0 spiro atoms. The van der Waals surface area contributed by atoms with Crippen molar-refractivity contribution in [3.63, 3.8) is 0 Å². The Hall–Kier alpha value is -1.58. The van der Waals surface area contributed by atoms with E-state index in [2.05, 4.69) is 22.4 Å². The van der Waals surface area contributed by atoms with Gasteiger partial charge in [0, 0.05) is 11.4 Å². The van der Waals surface area contributed by atoms with Gasteiger partial charge in [0.05, 0.1) is 18.4 Å². The highest BCUT2D eigenvalue weighted by molar-refractivity contribution is 8.03. The summed E-state index contributed by atoms with van der Waals surface area (Å²) in [5.74, 6) is 0.647. The number of carbonyl (C=O) groups excluding carboxylic acids is 2. The van der Waals surface area contributed by atoms with Crippen LogP contribution in [-0.4, -0.2) is 40.7 Å². The molecule has 1 amide bonds. The van der Waals surface area contributed by atoms with E-state index in [0.717, 1.165) is 26.4 Å². The summed E-state index contributed by atoms with van der Waals surface area (Å²) in [5, 5.41) is 11.0. The summed E-state index contributed by atoms with van der Waals surface area (Å²) in [6.45, 7) is 3.98. The van der Waals surface area contributed by atoms with Crippen LogP contribution >= 0.6 is 34.9 Å². The number of benzene rings is 1. The summed E-state index contributed by atoms with van der Waals surface area (Å²) in [4.78, 5) is 23.8. The van der Waals surface area contributed by atoms with Crippen LogP contribution < -0.4 is 5.32 Å². The van der Waals surface area contributed by atoms with E-state index in [1.807, 2.05) is 6.92 Å². The first-order chi connectivity index (χ1) is 12.0. The molecule has 0 bridgehead atoms. The van der Waals surface area contributed by atoms with Crippen LogP contribution in [0.3, 0.4) is 0 Å². The van der Waals surface area contributed by atoms with Crippen molar-refractivity contribution in [2.24, 2.45) is 0 Å². The van der Waals surface area contributed by atoms with Crippen molar-refractivity contribution in [3.8, 4) is 0 Å². The van der Waals surface area contributed by atoms with Gasteiger partial charge in [0.2, 0.25) is 5.91 Å². The SMILES string of the molecule is CCCSc1nnc(SCC(=O)Nc2cc(C(=O)OC)ccc2C)s1. The van der Waals surface area contributed by atoms with Crippen molar-refractivity contribution in [1.82, 2.24) is 10.2 Å². The zero-order valence-corrected chi connectivity index (χ0v) is 16.6. The molecule has 0 unspecified atom stereocenters.